The molecule has 3 fully saturated rings. The van der Waals surface area contributed by atoms with Crippen molar-refractivity contribution in [1.82, 2.24) is 9.80 Å². The summed E-state index contributed by atoms with van der Waals surface area (Å²) in [5.41, 5.74) is 0. The quantitative estimate of drug-likeness (QED) is 0.550. The molecule has 1 aliphatic carbocycles. The summed E-state index contributed by atoms with van der Waals surface area (Å²) >= 11 is 0. The van der Waals surface area contributed by atoms with Gasteiger partial charge in [0.15, 0.2) is 0 Å². The third-order valence-electron chi connectivity index (χ3n) is 4.13. The molecule has 0 aromatic carbocycles. The molecule has 0 spiro atoms. The van der Waals surface area contributed by atoms with Crippen LogP contribution in [0, 0.1) is 11.3 Å². The molecule has 3 nitrogen and oxygen atoms in total. The summed E-state index contributed by atoms with van der Waals surface area (Å²) in [4.78, 5) is 4.97. The summed E-state index contributed by atoms with van der Waals surface area (Å²) in [5, 5.41) is 8.07. The Morgan fingerprint density at radius 1 is 1.00 bits per heavy atom. The lowest BCUT2D eigenvalue weighted by molar-refractivity contribution is 0.249. The van der Waals surface area contributed by atoms with Crippen molar-refractivity contribution in [3.63, 3.8) is 0 Å². The Hall–Kier alpha value is -0.570. The van der Waals surface area contributed by atoms with Gasteiger partial charge in [0.05, 0.1) is 5.84 Å². The van der Waals surface area contributed by atoms with E-state index in [9.17, 15) is 0 Å². The van der Waals surface area contributed by atoms with Crippen molar-refractivity contribution in [2.24, 2.45) is 5.92 Å². The number of hydrogen-bond donors (Lipinski definition) is 1. The van der Waals surface area contributed by atoms with E-state index in [1.165, 1.54) is 45.2 Å². The maximum absolute atomic E-state index is 8.07. The second-order valence-corrected chi connectivity index (χ2v) is 5.29. The minimum Gasteiger partial charge on any atom is -0.359 e. The van der Waals surface area contributed by atoms with Gasteiger partial charge in [-0.15, -0.1) is 0 Å². The van der Waals surface area contributed by atoms with E-state index in [4.69, 9.17) is 5.41 Å². The van der Waals surface area contributed by atoms with Gasteiger partial charge in [0.1, 0.15) is 0 Å². The highest BCUT2D eigenvalue weighted by Gasteiger charge is 2.35. The first kappa shape index (κ1) is 9.64. The second kappa shape index (κ2) is 3.78. The summed E-state index contributed by atoms with van der Waals surface area (Å²) in [7, 11) is 0. The first-order valence-corrected chi connectivity index (χ1v) is 6.42. The summed E-state index contributed by atoms with van der Waals surface area (Å²) in [6.07, 6.45) is 6.59. The van der Waals surface area contributed by atoms with E-state index in [1.54, 1.807) is 0 Å². The van der Waals surface area contributed by atoms with E-state index in [0.717, 1.165) is 25.0 Å². The molecule has 0 bridgehead atoms. The van der Waals surface area contributed by atoms with Crippen molar-refractivity contribution in [3.05, 3.63) is 0 Å². The molecule has 3 aliphatic rings. The van der Waals surface area contributed by atoms with Gasteiger partial charge in [-0.05, 0) is 45.2 Å². The monoisotopic (exact) mass is 207 g/mol. The van der Waals surface area contributed by atoms with E-state index in [1.807, 2.05) is 0 Å². The van der Waals surface area contributed by atoms with Crippen LogP contribution in [0.2, 0.25) is 0 Å². The maximum atomic E-state index is 8.07. The molecule has 1 saturated carbocycles. The van der Waals surface area contributed by atoms with Gasteiger partial charge in [-0.1, -0.05) is 0 Å². The molecule has 2 heterocycles. The zero-order valence-corrected chi connectivity index (χ0v) is 9.41. The van der Waals surface area contributed by atoms with Gasteiger partial charge in [0, 0.05) is 25.0 Å². The van der Waals surface area contributed by atoms with Gasteiger partial charge in [0.2, 0.25) is 0 Å². The standard InChI is InChI=1S/C12H21N3/c13-12(10-3-4-10)15-8-5-11(9-15)14-6-1-2-7-14/h10-11,13H,1-9H2. The van der Waals surface area contributed by atoms with Crippen molar-refractivity contribution >= 4 is 5.84 Å². The molecule has 0 radical (unpaired) electrons. The Labute approximate surface area is 91.9 Å². The molecule has 2 aliphatic heterocycles. The van der Waals surface area contributed by atoms with Crippen molar-refractivity contribution in [1.29, 1.82) is 5.41 Å². The molecular weight excluding hydrogens is 186 g/mol. The summed E-state index contributed by atoms with van der Waals surface area (Å²) in [5.74, 6) is 1.57. The van der Waals surface area contributed by atoms with Gasteiger partial charge in [-0.2, -0.15) is 0 Å². The molecule has 15 heavy (non-hydrogen) atoms. The van der Waals surface area contributed by atoms with Crippen molar-refractivity contribution in [3.8, 4) is 0 Å². The van der Waals surface area contributed by atoms with Crippen LogP contribution in [0.25, 0.3) is 0 Å². The Balaban J connectivity index is 1.55. The molecule has 3 heteroatoms. The van der Waals surface area contributed by atoms with Crippen LogP contribution >= 0.6 is 0 Å². The van der Waals surface area contributed by atoms with Crippen LogP contribution in [-0.2, 0) is 0 Å². The Bertz CT molecular complexity index is 254. The van der Waals surface area contributed by atoms with Crippen LogP contribution in [0.3, 0.4) is 0 Å². The fraction of sp³-hybridized carbons (Fsp3) is 0.917. The largest absolute Gasteiger partial charge is 0.359 e. The van der Waals surface area contributed by atoms with Gasteiger partial charge in [-0.3, -0.25) is 10.3 Å². The molecular formula is C12H21N3. The van der Waals surface area contributed by atoms with Crippen LogP contribution in [0.1, 0.15) is 32.1 Å². The zero-order valence-electron chi connectivity index (χ0n) is 9.41. The maximum Gasteiger partial charge on any atom is 0.0990 e. The highest BCUT2D eigenvalue weighted by atomic mass is 15.3. The predicted molar refractivity (Wildman–Crippen MR) is 61.2 cm³/mol. The van der Waals surface area contributed by atoms with Crippen molar-refractivity contribution < 1.29 is 0 Å². The number of likely N-dealkylation sites (tertiary alicyclic amines) is 2. The molecule has 1 unspecified atom stereocenters. The zero-order chi connectivity index (χ0) is 10.3. The highest BCUT2D eigenvalue weighted by molar-refractivity contribution is 5.84. The summed E-state index contributed by atoms with van der Waals surface area (Å²) in [6.45, 7) is 4.87. The highest BCUT2D eigenvalue weighted by Crippen LogP contribution is 2.33. The normalized spacial score (nSPS) is 32.5. The number of amidine groups is 1. The third kappa shape index (κ3) is 1.89. The summed E-state index contributed by atoms with van der Waals surface area (Å²) in [6, 6.07) is 0.756. The molecule has 1 atom stereocenters. The van der Waals surface area contributed by atoms with Gasteiger partial charge in [-0.25, -0.2) is 0 Å². The lowest BCUT2D eigenvalue weighted by Gasteiger charge is -2.24. The predicted octanol–water partition coefficient (Wildman–Crippen LogP) is 1.54. The number of nitrogens with one attached hydrogen (secondary N) is 1. The van der Waals surface area contributed by atoms with Crippen LogP contribution in [-0.4, -0.2) is 47.9 Å². The second-order valence-electron chi connectivity index (χ2n) is 5.29. The Kier molecular flexibility index (Phi) is 2.43. The third-order valence-corrected chi connectivity index (χ3v) is 4.13. The molecule has 0 aromatic rings. The van der Waals surface area contributed by atoms with Crippen molar-refractivity contribution in [2.45, 2.75) is 38.1 Å². The lowest BCUT2D eigenvalue weighted by Crippen LogP contribution is -2.37. The average Bonchev–Trinajstić information content (AvgIpc) is 2.80. The first-order chi connectivity index (χ1) is 7.34. The van der Waals surface area contributed by atoms with Gasteiger partial charge >= 0.3 is 0 Å². The molecule has 3 rings (SSSR count). The molecule has 2 saturated heterocycles. The lowest BCUT2D eigenvalue weighted by atomic mass is 10.2. The van der Waals surface area contributed by atoms with Gasteiger partial charge < -0.3 is 4.90 Å². The van der Waals surface area contributed by atoms with Crippen LogP contribution in [0.5, 0.6) is 0 Å². The average molecular weight is 207 g/mol. The van der Waals surface area contributed by atoms with Crippen molar-refractivity contribution in [2.75, 3.05) is 26.2 Å². The molecule has 0 amide bonds. The number of rotatable bonds is 2. The van der Waals surface area contributed by atoms with E-state index in [2.05, 4.69) is 9.80 Å². The van der Waals surface area contributed by atoms with E-state index >= 15 is 0 Å². The Morgan fingerprint density at radius 2 is 1.73 bits per heavy atom. The number of hydrogen-bond acceptors (Lipinski definition) is 2. The van der Waals surface area contributed by atoms with Crippen LogP contribution < -0.4 is 0 Å². The fourth-order valence-electron chi connectivity index (χ4n) is 2.98. The van der Waals surface area contributed by atoms with E-state index in [-0.39, 0.29) is 0 Å². The minimum atomic E-state index is 0.627. The first-order valence-electron chi connectivity index (χ1n) is 6.42. The van der Waals surface area contributed by atoms with E-state index < -0.39 is 0 Å². The fourth-order valence-corrected chi connectivity index (χ4v) is 2.98. The summed E-state index contributed by atoms with van der Waals surface area (Å²) < 4.78 is 0. The van der Waals surface area contributed by atoms with Crippen LogP contribution in [0.4, 0.5) is 0 Å². The van der Waals surface area contributed by atoms with E-state index in [0.29, 0.717) is 5.92 Å². The minimum absolute atomic E-state index is 0.627. The molecule has 1 N–H and O–H groups in total. The molecule has 84 valence electrons. The van der Waals surface area contributed by atoms with Crippen LogP contribution in [0.15, 0.2) is 0 Å². The smallest absolute Gasteiger partial charge is 0.0990 e. The molecule has 0 aromatic heterocycles. The Morgan fingerprint density at radius 3 is 2.40 bits per heavy atom. The topological polar surface area (TPSA) is 30.3 Å². The van der Waals surface area contributed by atoms with Gasteiger partial charge in [0.25, 0.3) is 0 Å². The SMILES string of the molecule is N=C(C1CC1)N1CCC(N2CCCC2)C1. The number of nitrogens with zero attached hydrogens (tertiary/aromatic N) is 2.